The number of pyridine rings is 1. The number of nitro groups is 1. The van der Waals surface area contributed by atoms with Gasteiger partial charge >= 0.3 is 0 Å². The van der Waals surface area contributed by atoms with Crippen LogP contribution in [0.2, 0.25) is 5.02 Å². The zero-order valence-electron chi connectivity index (χ0n) is 14.4. The fourth-order valence-corrected chi connectivity index (χ4v) is 3.54. The van der Waals surface area contributed by atoms with Gasteiger partial charge in [0.1, 0.15) is 17.2 Å². The smallest absolute Gasteiger partial charge is 0.292 e. The molecule has 1 aliphatic heterocycles. The van der Waals surface area contributed by atoms with Crippen molar-refractivity contribution >= 4 is 28.6 Å². The summed E-state index contributed by atoms with van der Waals surface area (Å²) in [6.45, 7) is 3.27. The number of hydrogen-bond donors (Lipinski definition) is 0. The normalized spacial score (nSPS) is 15.4. The van der Waals surface area contributed by atoms with Crippen LogP contribution < -0.4 is 4.90 Å². The fraction of sp³-hybridized carbons (Fsp3) is 0.278. The lowest BCUT2D eigenvalue weighted by Crippen LogP contribution is -2.46. The monoisotopic (exact) mass is 389 g/mol. The number of nitrogens with zero attached hydrogens (tertiary/aromatic N) is 5. The summed E-state index contributed by atoms with van der Waals surface area (Å²) < 4.78 is 15.5. The second-order valence-electron chi connectivity index (χ2n) is 6.50. The Morgan fingerprint density at radius 3 is 2.67 bits per heavy atom. The van der Waals surface area contributed by atoms with Crippen LogP contribution in [0.1, 0.15) is 5.69 Å². The molecule has 0 unspecified atom stereocenters. The van der Waals surface area contributed by atoms with Crippen LogP contribution in [0.4, 0.5) is 15.8 Å². The molecule has 9 heteroatoms. The van der Waals surface area contributed by atoms with Gasteiger partial charge in [0.2, 0.25) is 0 Å². The molecule has 0 saturated carbocycles. The molecule has 0 radical (unpaired) electrons. The summed E-state index contributed by atoms with van der Waals surface area (Å²) in [6, 6.07) is 7.25. The summed E-state index contributed by atoms with van der Waals surface area (Å²) >= 11 is 6.00. The van der Waals surface area contributed by atoms with Crippen molar-refractivity contribution in [1.29, 1.82) is 0 Å². The summed E-state index contributed by atoms with van der Waals surface area (Å²) in [7, 11) is 0. The molecular weight excluding hydrogens is 373 g/mol. The Kier molecular flexibility index (Phi) is 4.67. The lowest BCUT2D eigenvalue weighted by molar-refractivity contribution is -0.384. The van der Waals surface area contributed by atoms with E-state index in [2.05, 4.69) is 9.88 Å². The minimum Gasteiger partial charge on any atom is -0.363 e. The minimum absolute atomic E-state index is 0.0675. The first-order valence-corrected chi connectivity index (χ1v) is 8.92. The van der Waals surface area contributed by atoms with Crippen LogP contribution in [0.15, 0.2) is 42.7 Å². The van der Waals surface area contributed by atoms with Crippen molar-refractivity contribution in [2.75, 3.05) is 31.1 Å². The second kappa shape index (κ2) is 7.13. The van der Waals surface area contributed by atoms with E-state index in [-0.39, 0.29) is 5.69 Å². The zero-order chi connectivity index (χ0) is 19.0. The third-order valence-corrected chi connectivity index (χ3v) is 4.92. The first kappa shape index (κ1) is 17.7. The Morgan fingerprint density at radius 1 is 1.15 bits per heavy atom. The molecular formula is C18H17ClFN5O2. The average Bonchev–Trinajstić information content (AvgIpc) is 3.03. The molecule has 0 aliphatic carbocycles. The molecule has 0 N–H and O–H groups in total. The van der Waals surface area contributed by atoms with Crippen molar-refractivity contribution in [2.24, 2.45) is 0 Å². The van der Waals surface area contributed by atoms with Gasteiger partial charge in [-0.3, -0.25) is 15.0 Å². The van der Waals surface area contributed by atoms with Gasteiger partial charge in [-0.1, -0.05) is 11.6 Å². The highest BCUT2D eigenvalue weighted by Gasteiger charge is 2.24. The van der Waals surface area contributed by atoms with Gasteiger partial charge in [0.25, 0.3) is 5.69 Å². The van der Waals surface area contributed by atoms with Crippen molar-refractivity contribution in [2.45, 2.75) is 6.54 Å². The topological polar surface area (TPSA) is 66.9 Å². The SMILES string of the molecule is O=[N+]([O-])c1ccc(F)cc1N1CCN(Cc2cn3cc(Cl)ccc3n2)CC1. The number of nitro benzene ring substituents is 1. The number of imidazole rings is 1. The van der Waals surface area contributed by atoms with Crippen molar-refractivity contribution in [3.63, 3.8) is 0 Å². The van der Waals surface area contributed by atoms with Gasteiger partial charge in [0.05, 0.1) is 15.6 Å². The van der Waals surface area contributed by atoms with Crippen LogP contribution in [0, 0.1) is 15.9 Å². The molecule has 3 aromatic rings. The van der Waals surface area contributed by atoms with Gasteiger partial charge in [-0.05, 0) is 18.2 Å². The first-order chi connectivity index (χ1) is 13.0. The third kappa shape index (κ3) is 3.72. The number of hydrogen-bond acceptors (Lipinski definition) is 5. The molecule has 1 saturated heterocycles. The number of fused-ring (bicyclic) bond motifs is 1. The summed E-state index contributed by atoms with van der Waals surface area (Å²) in [5, 5.41) is 11.9. The molecule has 4 rings (SSSR count). The van der Waals surface area contributed by atoms with Crippen LogP contribution in [0.3, 0.4) is 0 Å². The molecule has 3 heterocycles. The highest BCUT2D eigenvalue weighted by molar-refractivity contribution is 6.30. The van der Waals surface area contributed by atoms with E-state index in [4.69, 9.17) is 11.6 Å². The molecule has 1 aromatic carbocycles. The Balaban J connectivity index is 1.44. The third-order valence-electron chi connectivity index (χ3n) is 4.70. The molecule has 2 aromatic heterocycles. The van der Waals surface area contributed by atoms with E-state index in [1.807, 2.05) is 27.8 Å². The highest BCUT2D eigenvalue weighted by atomic mass is 35.5. The van der Waals surface area contributed by atoms with Gasteiger partial charge in [0.15, 0.2) is 0 Å². The molecule has 7 nitrogen and oxygen atoms in total. The number of anilines is 1. The van der Waals surface area contributed by atoms with Crippen LogP contribution in [0.25, 0.3) is 5.65 Å². The number of piperazine rings is 1. The van der Waals surface area contributed by atoms with Gasteiger partial charge in [-0.15, -0.1) is 0 Å². The Bertz CT molecular complexity index is 1000. The molecule has 1 aliphatic rings. The van der Waals surface area contributed by atoms with Crippen molar-refractivity contribution < 1.29 is 9.31 Å². The van der Waals surface area contributed by atoms with E-state index in [9.17, 15) is 14.5 Å². The second-order valence-corrected chi connectivity index (χ2v) is 6.93. The van der Waals surface area contributed by atoms with Crippen LogP contribution >= 0.6 is 11.6 Å². The minimum atomic E-state index is -0.471. The Morgan fingerprint density at radius 2 is 1.93 bits per heavy atom. The summed E-state index contributed by atoms with van der Waals surface area (Å²) in [4.78, 5) is 19.4. The highest BCUT2D eigenvalue weighted by Crippen LogP contribution is 2.29. The fourth-order valence-electron chi connectivity index (χ4n) is 3.37. The maximum Gasteiger partial charge on any atom is 0.292 e. The number of halogens is 2. The molecule has 1 fully saturated rings. The van der Waals surface area contributed by atoms with Crippen LogP contribution in [-0.4, -0.2) is 45.4 Å². The predicted molar refractivity (Wildman–Crippen MR) is 101 cm³/mol. The lowest BCUT2D eigenvalue weighted by atomic mass is 10.2. The van der Waals surface area contributed by atoms with E-state index in [1.165, 1.54) is 12.1 Å². The largest absolute Gasteiger partial charge is 0.363 e. The van der Waals surface area contributed by atoms with Gasteiger partial charge in [0, 0.05) is 57.3 Å². The predicted octanol–water partition coefficient (Wildman–Crippen LogP) is 3.36. The molecule has 0 atom stereocenters. The molecule has 0 spiro atoms. The summed E-state index contributed by atoms with van der Waals surface area (Å²) in [5.74, 6) is -0.471. The van der Waals surface area contributed by atoms with E-state index >= 15 is 0 Å². The van der Waals surface area contributed by atoms with Crippen molar-refractivity contribution in [3.05, 3.63) is 69.4 Å². The molecule has 140 valence electrons. The van der Waals surface area contributed by atoms with Gasteiger partial charge in [-0.2, -0.15) is 0 Å². The maximum absolute atomic E-state index is 13.6. The van der Waals surface area contributed by atoms with Crippen LogP contribution in [-0.2, 0) is 6.54 Å². The van der Waals surface area contributed by atoms with Gasteiger partial charge < -0.3 is 9.30 Å². The molecule has 27 heavy (non-hydrogen) atoms. The van der Waals surface area contributed by atoms with Crippen molar-refractivity contribution in [1.82, 2.24) is 14.3 Å². The van der Waals surface area contributed by atoms with E-state index in [0.717, 1.165) is 17.4 Å². The van der Waals surface area contributed by atoms with Gasteiger partial charge in [-0.25, -0.2) is 9.37 Å². The number of benzene rings is 1. The van der Waals surface area contributed by atoms with E-state index in [0.29, 0.717) is 43.4 Å². The molecule has 0 bridgehead atoms. The standard InChI is InChI=1S/C18H17ClFN5O2/c19-13-1-4-18-21-15(12-24(18)10-13)11-22-5-7-23(8-6-22)17-9-14(20)2-3-16(17)25(26)27/h1-4,9-10,12H,5-8,11H2. The quantitative estimate of drug-likeness (QED) is 0.505. The zero-order valence-corrected chi connectivity index (χ0v) is 15.1. The Hall–Kier alpha value is -2.71. The lowest BCUT2D eigenvalue weighted by Gasteiger charge is -2.35. The number of aromatic nitrogens is 2. The van der Waals surface area contributed by atoms with Crippen LogP contribution in [0.5, 0.6) is 0 Å². The van der Waals surface area contributed by atoms with E-state index in [1.54, 1.807) is 6.07 Å². The Labute approximate surface area is 159 Å². The maximum atomic E-state index is 13.6. The number of rotatable bonds is 4. The first-order valence-electron chi connectivity index (χ1n) is 8.54. The summed E-state index contributed by atoms with van der Waals surface area (Å²) in [5.41, 5.74) is 2.04. The average molecular weight is 390 g/mol. The van der Waals surface area contributed by atoms with Crippen molar-refractivity contribution in [3.8, 4) is 0 Å². The summed E-state index contributed by atoms with van der Waals surface area (Å²) in [6.07, 6.45) is 3.76. The molecule has 0 amide bonds. The van der Waals surface area contributed by atoms with E-state index < -0.39 is 10.7 Å².